The molecule has 1 saturated heterocycles. The monoisotopic (exact) mass is 423 g/mol. The van der Waals surface area contributed by atoms with E-state index in [4.69, 9.17) is 21.1 Å². The maximum atomic E-state index is 13.6. The molecule has 0 saturated carbocycles. The van der Waals surface area contributed by atoms with Crippen LogP contribution in [0.15, 0.2) is 18.2 Å². The van der Waals surface area contributed by atoms with Gasteiger partial charge in [0.1, 0.15) is 0 Å². The number of carbonyl (C=O) groups is 1. The summed E-state index contributed by atoms with van der Waals surface area (Å²) >= 11 is 5.77. The Morgan fingerprint density at radius 1 is 1.39 bits per heavy atom. The number of carboxylic acid groups (broad SMARTS) is 1. The third-order valence-electron chi connectivity index (χ3n) is 5.00. The van der Waals surface area contributed by atoms with Gasteiger partial charge in [0.25, 0.3) is 0 Å². The topological polar surface area (TPSA) is 59.0 Å². The fourth-order valence-corrected chi connectivity index (χ4v) is 3.99. The van der Waals surface area contributed by atoms with Crippen LogP contribution in [-0.2, 0) is 21.4 Å². The standard InChI is InChI=1S/C19H25ClF3NO4/c1-11(24(16(25)26)17(2,3)4)15-8-9-18(27-5,28-15)13-7-6-12(20)10-14(13)19(21,22)23/h6-7,10-11,15H,8-9H2,1-5H3,(H,25,26)/t11-,15-,18?/m0/s1. The van der Waals surface area contributed by atoms with Crippen LogP contribution in [0.5, 0.6) is 0 Å². The average molecular weight is 424 g/mol. The summed E-state index contributed by atoms with van der Waals surface area (Å²) in [6.45, 7) is 6.92. The third kappa shape index (κ3) is 4.39. The van der Waals surface area contributed by atoms with Gasteiger partial charge >= 0.3 is 12.3 Å². The molecule has 2 rings (SSSR count). The van der Waals surface area contributed by atoms with E-state index < -0.39 is 41.3 Å². The van der Waals surface area contributed by atoms with Gasteiger partial charge in [0.05, 0.1) is 17.7 Å². The summed E-state index contributed by atoms with van der Waals surface area (Å²) in [5.74, 6) is -1.63. The summed E-state index contributed by atoms with van der Waals surface area (Å²) in [4.78, 5) is 13.0. The zero-order chi connectivity index (χ0) is 21.5. The van der Waals surface area contributed by atoms with Crippen LogP contribution in [0.1, 0.15) is 51.7 Å². The van der Waals surface area contributed by atoms with Crippen molar-refractivity contribution < 1.29 is 32.5 Å². The lowest BCUT2D eigenvalue weighted by Crippen LogP contribution is -2.54. The van der Waals surface area contributed by atoms with Crippen molar-refractivity contribution in [2.75, 3.05) is 7.11 Å². The van der Waals surface area contributed by atoms with Crippen molar-refractivity contribution in [3.05, 3.63) is 34.3 Å². The maximum Gasteiger partial charge on any atom is 0.416 e. The molecule has 9 heteroatoms. The van der Waals surface area contributed by atoms with E-state index in [9.17, 15) is 23.1 Å². The Morgan fingerprint density at radius 2 is 2.00 bits per heavy atom. The number of halogens is 4. The molecule has 1 fully saturated rings. The highest BCUT2D eigenvalue weighted by Gasteiger charge is 2.50. The Kier molecular flexibility index (Phi) is 6.28. The van der Waals surface area contributed by atoms with Gasteiger partial charge in [-0.2, -0.15) is 13.2 Å². The molecule has 3 atom stereocenters. The van der Waals surface area contributed by atoms with Gasteiger partial charge in [-0.25, -0.2) is 4.79 Å². The van der Waals surface area contributed by atoms with Crippen LogP contribution in [0.25, 0.3) is 0 Å². The number of hydrogen-bond acceptors (Lipinski definition) is 3. The molecule has 1 aromatic carbocycles. The second kappa shape index (κ2) is 7.72. The molecule has 1 aliphatic heterocycles. The lowest BCUT2D eigenvalue weighted by Gasteiger charge is -2.41. The predicted molar refractivity (Wildman–Crippen MR) is 98.3 cm³/mol. The first-order valence-corrected chi connectivity index (χ1v) is 9.23. The molecule has 0 aliphatic carbocycles. The molecule has 1 aromatic rings. The van der Waals surface area contributed by atoms with Crippen LogP contribution >= 0.6 is 11.6 Å². The first-order chi connectivity index (χ1) is 12.7. The van der Waals surface area contributed by atoms with Crippen LogP contribution < -0.4 is 0 Å². The van der Waals surface area contributed by atoms with Gasteiger partial charge in [-0.3, -0.25) is 4.90 Å². The Labute approximate surface area is 167 Å². The minimum absolute atomic E-state index is 0.0463. The van der Waals surface area contributed by atoms with Gasteiger partial charge in [0.2, 0.25) is 0 Å². The van der Waals surface area contributed by atoms with E-state index in [1.54, 1.807) is 27.7 Å². The van der Waals surface area contributed by atoms with Gasteiger partial charge in [-0.1, -0.05) is 17.7 Å². The van der Waals surface area contributed by atoms with Crippen LogP contribution in [0.2, 0.25) is 5.02 Å². The summed E-state index contributed by atoms with van der Waals surface area (Å²) in [5.41, 5.74) is -1.80. The molecular weight excluding hydrogens is 399 g/mol. The average Bonchev–Trinajstić information content (AvgIpc) is 2.98. The molecule has 1 heterocycles. The van der Waals surface area contributed by atoms with Crippen molar-refractivity contribution in [1.82, 2.24) is 4.90 Å². The Balaban J connectivity index is 2.42. The van der Waals surface area contributed by atoms with Gasteiger partial charge in [-0.05, 0) is 46.2 Å². The maximum absolute atomic E-state index is 13.6. The number of alkyl halides is 3. The highest BCUT2D eigenvalue weighted by molar-refractivity contribution is 6.30. The lowest BCUT2D eigenvalue weighted by atomic mass is 9.95. The van der Waals surface area contributed by atoms with E-state index in [0.717, 1.165) is 6.07 Å². The van der Waals surface area contributed by atoms with Crippen LogP contribution in [-0.4, -0.2) is 40.9 Å². The molecule has 1 amide bonds. The molecule has 158 valence electrons. The smallest absolute Gasteiger partial charge is 0.416 e. The minimum Gasteiger partial charge on any atom is -0.465 e. The summed E-state index contributed by atoms with van der Waals surface area (Å²) < 4.78 is 52.1. The van der Waals surface area contributed by atoms with Crippen molar-refractivity contribution in [1.29, 1.82) is 0 Å². The van der Waals surface area contributed by atoms with Crippen LogP contribution in [0.3, 0.4) is 0 Å². The van der Waals surface area contributed by atoms with E-state index in [0.29, 0.717) is 6.42 Å². The Bertz CT molecular complexity index is 735. The highest BCUT2D eigenvalue weighted by Crippen LogP contribution is 2.47. The van der Waals surface area contributed by atoms with E-state index in [1.165, 1.54) is 24.1 Å². The van der Waals surface area contributed by atoms with Gasteiger partial charge in [0.15, 0.2) is 5.79 Å². The Hall–Kier alpha value is -1.51. The molecule has 28 heavy (non-hydrogen) atoms. The third-order valence-corrected chi connectivity index (χ3v) is 5.24. The van der Waals surface area contributed by atoms with Crippen molar-refractivity contribution in [3.8, 4) is 0 Å². The van der Waals surface area contributed by atoms with Crippen molar-refractivity contribution in [2.45, 2.75) is 70.2 Å². The van der Waals surface area contributed by atoms with Crippen molar-refractivity contribution >= 4 is 17.7 Å². The second-order valence-electron chi connectivity index (χ2n) is 7.90. The molecule has 1 N–H and O–H groups in total. The number of nitrogens with zero attached hydrogens (tertiary/aromatic N) is 1. The van der Waals surface area contributed by atoms with Gasteiger partial charge in [-0.15, -0.1) is 0 Å². The lowest BCUT2D eigenvalue weighted by molar-refractivity contribution is -0.232. The minimum atomic E-state index is -4.64. The summed E-state index contributed by atoms with van der Waals surface area (Å²) in [6, 6.07) is 2.86. The Morgan fingerprint density at radius 3 is 2.46 bits per heavy atom. The zero-order valence-corrected chi connectivity index (χ0v) is 17.2. The van der Waals surface area contributed by atoms with E-state index in [-0.39, 0.29) is 17.0 Å². The molecule has 0 aromatic heterocycles. The molecule has 0 radical (unpaired) electrons. The molecule has 1 unspecified atom stereocenters. The zero-order valence-electron chi connectivity index (χ0n) is 16.4. The number of hydrogen-bond donors (Lipinski definition) is 1. The van der Waals surface area contributed by atoms with Crippen molar-refractivity contribution in [2.24, 2.45) is 0 Å². The molecule has 0 bridgehead atoms. The summed E-state index contributed by atoms with van der Waals surface area (Å²) in [6.07, 6.45) is -5.90. The first-order valence-electron chi connectivity index (χ1n) is 8.85. The van der Waals surface area contributed by atoms with Crippen molar-refractivity contribution in [3.63, 3.8) is 0 Å². The largest absolute Gasteiger partial charge is 0.465 e. The molecular formula is C19H25ClF3NO4. The van der Waals surface area contributed by atoms with Crippen LogP contribution in [0, 0.1) is 0 Å². The molecule has 0 spiro atoms. The second-order valence-corrected chi connectivity index (χ2v) is 8.34. The summed E-state index contributed by atoms with van der Waals surface area (Å²) in [7, 11) is 1.28. The van der Waals surface area contributed by atoms with Gasteiger partial charge < -0.3 is 14.6 Å². The van der Waals surface area contributed by atoms with Gasteiger partial charge in [0, 0.05) is 29.7 Å². The number of benzene rings is 1. The van der Waals surface area contributed by atoms with Crippen LogP contribution in [0.4, 0.5) is 18.0 Å². The number of ether oxygens (including phenoxy) is 2. The quantitative estimate of drug-likeness (QED) is 0.694. The fourth-order valence-electron chi connectivity index (χ4n) is 3.81. The SMILES string of the molecule is COC1(c2ccc(Cl)cc2C(F)(F)F)CC[C@@H]([C@H](C)N(C(=O)O)C(C)(C)C)O1. The van der Waals surface area contributed by atoms with E-state index in [2.05, 4.69) is 0 Å². The molecule has 1 aliphatic rings. The van der Waals surface area contributed by atoms with E-state index >= 15 is 0 Å². The number of amides is 1. The number of methoxy groups -OCH3 is 1. The normalized spacial score (nSPS) is 24.2. The first kappa shape index (κ1) is 22.8. The number of rotatable bonds is 4. The highest BCUT2D eigenvalue weighted by atomic mass is 35.5. The predicted octanol–water partition coefficient (Wildman–Crippen LogP) is 5.50. The molecule has 5 nitrogen and oxygen atoms in total. The fraction of sp³-hybridized carbons (Fsp3) is 0.632. The van der Waals surface area contributed by atoms with E-state index in [1.807, 2.05) is 0 Å². The summed E-state index contributed by atoms with van der Waals surface area (Å²) in [5, 5.41) is 9.55.